The summed E-state index contributed by atoms with van der Waals surface area (Å²) in [6.07, 6.45) is 4.32. The molecule has 82 valence electrons. The Morgan fingerprint density at radius 1 is 1.67 bits per heavy atom. The van der Waals surface area contributed by atoms with Crippen LogP contribution in [0.15, 0.2) is 12.4 Å². The van der Waals surface area contributed by atoms with E-state index in [1.807, 2.05) is 14.1 Å². The van der Waals surface area contributed by atoms with Gasteiger partial charge in [0.2, 0.25) is 5.95 Å². The second-order valence-electron chi connectivity index (χ2n) is 2.99. The van der Waals surface area contributed by atoms with Crippen molar-refractivity contribution in [2.24, 2.45) is 0 Å². The summed E-state index contributed by atoms with van der Waals surface area (Å²) in [5.41, 5.74) is 0. The molecule has 1 aromatic heterocycles. The molecular weight excluding hydrogens is 196 g/mol. The average Bonchev–Trinajstić information content (AvgIpc) is 2.63. The summed E-state index contributed by atoms with van der Waals surface area (Å²) in [5, 5.41) is 4.08. The standard InChI is InChI=1S/C9H14N4O2/c1-4-15-8(14)5-6-13-7-10-9(11-13)12(2)3/h5-7H,4H2,1-3H3. The Bertz CT molecular complexity index is 357. The molecule has 0 unspecified atom stereocenters. The van der Waals surface area contributed by atoms with Crippen LogP contribution in [0.5, 0.6) is 0 Å². The van der Waals surface area contributed by atoms with E-state index in [-0.39, 0.29) is 5.97 Å². The van der Waals surface area contributed by atoms with Crippen molar-refractivity contribution in [3.63, 3.8) is 0 Å². The highest BCUT2D eigenvalue weighted by atomic mass is 16.5. The van der Waals surface area contributed by atoms with Crippen molar-refractivity contribution in [3.05, 3.63) is 12.4 Å². The third-order valence-corrected chi connectivity index (χ3v) is 1.55. The second kappa shape index (κ2) is 5.14. The van der Waals surface area contributed by atoms with Crippen molar-refractivity contribution in [1.29, 1.82) is 0 Å². The minimum Gasteiger partial charge on any atom is -0.463 e. The van der Waals surface area contributed by atoms with Crippen molar-refractivity contribution in [2.45, 2.75) is 6.92 Å². The van der Waals surface area contributed by atoms with Crippen LogP contribution in [0.3, 0.4) is 0 Å². The first-order valence-electron chi connectivity index (χ1n) is 4.57. The first-order chi connectivity index (χ1) is 7.13. The minimum atomic E-state index is -0.389. The number of carbonyl (C=O) groups is 1. The summed E-state index contributed by atoms with van der Waals surface area (Å²) in [6, 6.07) is 0. The van der Waals surface area contributed by atoms with Gasteiger partial charge < -0.3 is 9.64 Å². The predicted molar refractivity (Wildman–Crippen MR) is 56.3 cm³/mol. The number of anilines is 1. The maximum Gasteiger partial charge on any atom is 0.332 e. The van der Waals surface area contributed by atoms with Gasteiger partial charge in [-0.15, -0.1) is 5.10 Å². The van der Waals surface area contributed by atoms with Crippen LogP contribution in [-0.4, -0.2) is 41.4 Å². The highest BCUT2D eigenvalue weighted by Crippen LogP contribution is 2.00. The van der Waals surface area contributed by atoms with Gasteiger partial charge in [0.05, 0.1) is 6.61 Å². The van der Waals surface area contributed by atoms with Crippen molar-refractivity contribution in [1.82, 2.24) is 14.8 Å². The fourth-order valence-corrected chi connectivity index (χ4v) is 0.870. The Kier molecular flexibility index (Phi) is 3.84. The van der Waals surface area contributed by atoms with Crippen LogP contribution in [-0.2, 0) is 9.53 Å². The first kappa shape index (κ1) is 11.2. The number of hydrogen-bond donors (Lipinski definition) is 0. The van der Waals surface area contributed by atoms with Crippen LogP contribution >= 0.6 is 0 Å². The Labute approximate surface area is 88.2 Å². The lowest BCUT2D eigenvalue weighted by Crippen LogP contribution is -2.10. The first-order valence-corrected chi connectivity index (χ1v) is 4.57. The molecule has 0 aliphatic carbocycles. The number of rotatable bonds is 4. The molecule has 0 saturated heterocycles. The quantitative estimate of drug-likeness (QED) is 0.531. The summed E-state index contributed by atoms with van der Waals surface area (Å²) >= 11 is 0. The molecule has 1 heterocycles. The highest BCUT2D eigenvalue weighted by molar-refractivity contribution is 5.84. The van der Waals surface area contributed by atoms with E-state index in [0.29, 0.717) is 12.6 Å². The molecule has 0 atom stereocenters. The summed E-state index contributed by atoms with van der Waals surface area (Å²) in [6.45, 7) is 2.12. The molecule has 6 nitrogen and oxygen atoms in total. The molecule has 1 aromatic rings. The van der Waals surface area contributed by atoms with Crippen LogP contribution in [0.4, 0.5) is 5.95 Å². The van der Waals surface area contributed by atoms with Gasteiger partial charge in [-0.2, -0.15) is 4.98 Å². The Morgan fingerprint density at radius 2 is 2.40 bits per heavy atom. The molecule has 0 radical (unpaired) electrons. The van der Waals surface area contributed by atoms with E-state index in [9.17, 15) is 4.79 Å². The van der Waals surface area contributed by atoms with E-state index < -0.39 is 0 Å². The molecule has 6 heteroatoms. The van der Waals surface area contributed by atoms with Crippen LogP contribution in [0, 0.1) is 0 Å². The average molecular weight is 210 g/mol. The maximum absolute atomic E-state index is 11.0. The van der Waals surface area contributed by atoms with Crippen LogP contribution in [0.25, 0.3) is 6.20 Å². The highest BCUT2D eigenvalue weighted by Gasteiger charge is 2.00. The number of esters is 1. The topological polar surface area (TPSA) is 60.3 Å². The second-order valence-corrected chi connectivity index (χ2v) is 2.99. The van der Waals surface area contributed by atoms with Crippen molar-refractivity contribution < 1.29 is 9.53 Å². The van der Waals surface area contributed by atoms with E-state index in [1.165, 1.54) is 23.3 Å². The van der Waals surface area contributed by atoms with Crippen molar-refractivity contribution >= 4 is 18.1 Å². The van der Waals surface area contributed by atoms with Gasteiger partial charge >= 0.3 is 5.97 Å². The molecule has 15 heavy (non-hydrogen) atoms. The molecule has 0 saturated carbocycles. The lowest BCUT2D eigenvalue weighted by molar-refractivity contribution is -0.137. The van der Waals surface area contributed by atoms with Gasteiger partial charge in [-0.05, 0) is 6.92 Å². The summed E-state index contributed by atoms with van der Waals surface area (Å²) in [5.74, 6) is 0.197. The molecule has 0 bridgehead atoms. The fraction of sp³-hybridized carbons (Fsp3) is 0.444. The smallest absolute Gasteiger partial charge is 0.332 e. The van der Waals surface area contributed by atoms with Gasteiger partial charge in [-0.1, -0.05) is 0 Å². The molecule has 0 aliphatic heterocycles. The summed E-state index contributed by atoms with van der Waals surface area (Å²) in [4.78, 5) is 16.8. The monoisotopic (exact) mass is 210 g/mol. The Balaban J connectivity index is 2.60. The van der Waals surface area contributed by atoms with E-state index in [0.717, 1.165) is 0 Å². The van der Waals surface area contributed by atoms with Gasteiger partial charge in [0.1, 0.15) is 6.33 Å². The van der Waals surface area contributed by atoms with E-state index >= 15 is 0 Å². The van der Waals surface area contributed by atoms with Gasteiger partial charge in [-0.3, -0.25) is 0 Å². The molecule has 0 aliphatic rings. The molecule has 0 fully saturated rings. The SMILES string of the molecule is CCOC(=O)C=Cn1cnc(N(C)C)n1. The largest absolute Gasteiger partial charge is 0.463 e. The lowest BCUT2D eigenvalue weighted by Gasteiger charge is -2.03. The van der Waals surface area contributed by atoms with Gasteiger partial charge in [0.15, 0.2) is 0 Å². The van der Waals surface area contributed by atoms with Crippen LogP contribution in [0.1, 0.15) is 6.92 Å². The normalized spacial score (nSPS) is 10.6. The Hall–Kier alpha value is -1.85. The number of aromatic nitrogens is 3. The zero-order valence-corrected chi connectivity index (χ0v) is 9.04. The fourth-order valence-electron chi connectivity index (χ4n) is 0.870. The molecule has 0 amide bonds. The van der Waals surface area contributed by atoms with E-state index in [4.69, 9.17) is 4.74 Å². The van der Waals surface area contributed by atoms with E-state index in [1.54, 1.807) is 11.8 Å². The maximum atomic E-state index is 11.0. The van der Waals surface area contributed by atoms with Crippen molar-refractivity contribution in [3.8, 4) is 0 Å². The number of ether oxygens (including phenoxy) is 1. The molecule has 0 aromatic carbocycles. The summed E-state index contributed by atoms with van der Waals surface area (Å²) < 4.78 is 6.17. The summed E-state index contributed by atoms with van der Waals surface area (Å²) in [7, 11) is 3.68. The molecule has 1 rings (SSSR count). The Morgan fingerprint density at radius 3 is 2.93 bits per heavy atom. The van der Waals surface area contributed by atoms with Gasteiger partial charge in [-0.25, -0.2) is 9.48 Å². The number of carbonyl (C=O) groups excluding carboxylic acids is 1. The third-order valence-electron chi connectivity index (χ3n) is 1.55. The molecular formula is C9H14N4O2. The minimum absolute atomic E-state index is 0.365. The lowest BCUT2D eigenvalue weighted by atomic mass is 10.6. The predicted octanol–water partition coefficient (Wildman–Crippen LogP) is 0.378. The zero-order valence-electron chi connectivity index (χ0n) is 9.04. The van der Waals surface area contributed by atoms with Crippen molar-refractivity contribution in [2.75, 3.05) is 25.6 Å². The zero-order chi connectivity index (χ0) is 11.3. The third kappa shape index (κ3) is 3.41. The van der Waals surface area contributed by atoms with E-state index in [2.05, 4.69) is 10.1 Å². The van der Waals surface area contributed by atoms with Gasteiger partial charge in [0, 0.05) is 26.4 Å². The number of nitrogens with zero attached hydrogens (tertiary/aromatic N) is 4. The molecule has 0 spiro atoms. The molecule has 0 N–H and O–H groups in total. The van der Waals surface area contributed by atoms with Crippen LogP contribution < -0.4 is 4.90 Å². The van der Waals surface area contributed by atoms with Crippen LogP contribution in [0.2, 0.25) is 0 Å². The van der Waals surface area contributed by atoms with Gasteiger partial charge in [0.25, 0.3) is 0 Å². The number of hydrogen-bond acceptors (Lipinski definition) is 5.